The Bertz CT molecular complexity index is 654. The van der Waals surface area contributed by atoms with Crippen LogP contribution in [0.5, 0.6) is 0 Å². The molecule has 2 aromatic carbocycles. The van der Waals surface area contributed by atoms with Crippen LogP contribution in [0.3, 0.4) is 0 Å². The highest BCUT2D eigenvalue weighted by molar-refractivity contribution is 5.76. The van der Waals surface area contributed by atoms with E-state index in [4.69, 9.17) is 5.73 Å². The first-order valence-corrected chi connectivity index (χ1v) is 8.06. The fraction of sp³-hybridized carbons (Fsp3) is 0.350. The van der Waals surface area contributed by atoms with Crippen LogP contribution in [0.25, 0.3) is 0 Å². The van der Waals surface area contributed by atoms with Gasteiger partial charge in [0.1, 0.15) is 0 Å². The Morgan fingerprint density at radius 2 is 1.70 bits per heavy atom. The predicted octanol–water partition coefficient (Wildman–Crippen LogP) is 3.82. The van der Waals surface area contributed by atoms with E-state index in [2.05, 4.69) is 50.4 Å². The molecule has 3 N–H and O–H groups in total. The van der Waals surface area contributed by atoms with Crippen molar-refractivity contribution < 1.29 is 4.79 Å². The summed E-state index contributed by atoms with van der Waals surface area (Å²) in [7, 11) is 0. The van der Waals surface area contributed by atoms with Crippen molar-refractivity contribution in [3.8, 4) is 0 Å². The van der Waals surface area contributed by atoms with Crippen LogP contribution >= 0.6 is 0 Å². The summed E-state index contributed by atoms with van der Waals surface area (Å²) in [5.41, 5.74) is 10.2. The van der Waals surface area contributed by atoms with E-state index in [1.54, 1.807) is 0 Å². The van der Waals surface area contributed by atoms with E-state index in [0.717, 1.165) is 16.8 Å². The first-order valence-electron chi connectivity index (χ1n) is 8.06. The molecule has 0 radical (unpaired) electrons. The molecule has 0 aliphatic carbocycles. The fourth-order valence-corrected chi connectivity index (χ4v) is 2.42. The molecule has 3 nitrogen and oxygen atoms in total. The maximum absolute atomic E-state index is 12.0. The molecule has 3 heteroatoms. The van der Waals surface area contributed by atoms with Gasteiger partial charge in [0.25, 0.3) is 0 Å². The first kappa shape index (κ1) is 17.1. The lowest BCUT2D eigenvalue weighted by Gasteiger charge is -2.19. The number of hydrogen-bond acceptors (Lipinski definition) is 2. The summed E-state index contributed by atoms with van der Waals surface area (Å²) in [6.07, 6.45) is 1.12. The molecule has 2 aromatic rings. The van der Waals surface area contributed by atoms with E-state index in [0.29, 0.717) is 19.4 Å². The molecule has 0 aliphatic rings. The zero-order valence-electron chi connectivity index (χ0n) is 14.2. The fourth-order valence-electron chi connectivity index (χ4n) is 2.42. The van der Waals surface area contributed by atoms with E-state index in [-0.39, 0.29) is 11.3 Å². The topological polar surface area (TPSA) is 55.1 Å². The molecule has 0 aliphatic heterocycles. The molecule has 0 aromatic heterocycles. The Hall–Kier alpha value is -2.29. The van der Waals surface area contributed by atoms with Gasteiger partial charge in [0, 0.05) is 18.7 Å². The van der Waals surface area contributed by atoms with Crippen LogP contribution in [0.2, 0.25) is 0 Å². The maximum Gasteiger partial charge on any atom is 0.220 e. The monoisotopic (exact) mass is 310 g/mol. The summed E-state index contributed by atoms with van der Waals surface area (Å²) in [4.78, 5) is 12.0. The molecule has 23 heavy (non-hydrogen) atoms. The third kappa shape index (κ3) is 5.13. The van der Waals surface area contributed by atoms with Crippen LogP contribution in [0.1, 0.15) is 43.9 Å². The van der Waals surface area contributed by atoms with Gasteiger partial charge in [-0.15, -0.1) is 0 Å². The molecular formula is C20H26N2O. The van der Waals surface area contributed by atoms with E-state index in [1.165, 1.54) is 5.56 Å². The molecule has 0 atom stereocenters. The van der Waals surface area contributed by atoms with Gasteiger partial charge >= 0.3 is 0 Å². The Morgan fingerprint density at radius 3 is 2.30 bits per heavy atom. The molecule has 2 rings (SSSR count). The molecule has 0 spiro atoms. The van der Waals surface area contributed by atoms with Gasteiger partial charge in [0.15, 0.2) is 0 Å². The molecule has 0 fully saturated rings. The summed E-state index contributed by atoms with van der Waals surface area (Å²) in [6, 6.07) is 16.1. The van der Waals surface area contributed by atoms with Crippen molar-refractivity contribution in [2.75, 3.05) is 5.73 Å². The smallest absolute Gasteiger partial charge is 0.220 e. The third-order valence-corrected chi connectivity index (χ3v) is 3.99. The average Bonchev–Trinajstić information content (AvgIpc) is 2.51. The Morgan fingerprint density at radius 1 is 1.04 bits per heavy atom. The van der Waals surface area contributed by atoms with Gasteiger partial charge in [-0.1, -0.05) is 63.2 Å². The second kappa shape index (κ2) is 7.32. The van der Waals surface area contributed by atoms with Gasteiger partial charge in [0.2, 0.25) is 5.91 Å². The standard InChI is InChI=1S/C20H26N2O/c1-20(2,3)17-11-8-15(9-12-17)14-22-19(23)13-10-16-6-4-5-7-18(16)21/h4-9,11-12H,10,13-14,21H2,1-3H3,(H,22,23). The Balaban J connectivity index is 1.81. The van der Waals surface area contributed by atoms with Gasteiger partial charge in [-0.25, -0.2) is 0 Å². The summed E-state index contributed by atoms with van der Waals surface area (Å²) < 4.78 is 0. The summed E-state index contributed by atoms with van der Waals surface area (Å²) in [5, 5.41) is 2.97. The molecule has 122 valence electrons. The van der Waals surface area contributed by atoms with Crippen LogP contribution in [-0.4, -0.2) is 5.91 Å². The van der Waals surface area contributed by atoms with Crippen molar-refractivity contribution in [2.24, 2.45) is 0 Å². The second-order valence-electron chi connectivity index (χ2n) is 6.92. The molecule has 0 saturated carbocycles. The summed E-state index contributed by atoms with van der Waals surface area (Å²) in [6.45, 7) is 7.14. The first-order chi connectivity index (χ1) is 10.9. The molecule has 0 saturated heterocycles. The van der Waals surface area contributed by atoms with Crippen molar-refractivity contribution in [2.45, 2.75) is 45.6 Å². The normalized spacial score (nSPS) is 11.3. The zero-order chi connectivity index (χ0) is 16.9. The van der Waals surface area contributed by atoms with E-state index in [1.807, 2.05) is 24.3 Å². The average molecular weight is 310 g/mol. The summed E-state index contributed by atoms with van der Waals surface area (Å²) >= 11 is 0. The molecular weight excluding hydrogens is 284 g/mol. The van der Waals surface area contributed by atoms with Gasteiger partial charge in [-0.3, -0.25) is 4.79 Å². The van der Waals surface area contributed by atoms with E-state index < -0.39 is 0 Å². The number of anilines is 1. The van der Waals surface area contributed by atoms with Crippen molar-refractivity contribution in [1.82, 2.24) is 5.32 Å². The van der Waals surface area contributed by atoms with Crippen LogP contribution in [-0.2, 0) is 23.2 Å². The van der Waals surface area contributed by atoms with Crippen LogP contribution in [0, 0.1) is 0 Å². The lowest BCUT2D eigenvalue weighted by molar-refractivity contribution is -0.121. The number of carbonyl (C=O) groups excluding carboxylic acids is 1. The van der Waals surface area contributed by atoms with Crippen molar-refractivity contribution in [3.63, 3.8) is 0 Å². The van der Waals surface area contributed by atoms with Crippen LogP contribution < -0.4 is 11.1 Å². The number of aryl methyl sites for hydroxylation is 1. The van der Waals surface area contributed by atoms with Gasteiger partial charge in [-0.05, 0) is 34.6 Å². The predicted molar refractivity (Wildman–Crippen MR) is 96.2 cm³/mol. The number of nitrogens with two attached hydrogens (primary N) is 1. The number of amides is 1. The third-order valence-electron chi connectivity index (χ3n) is 3.99. The zero-order valence-corrected chi connectivity index (χ0v) is 14.2. The summed E-state index contributed by atoms with van der Waals surface area (Å²) in [5.74, 6) is 0.0492. The number of nitrogens with one attached hydrogen (secondary N) is 1. The molecule has 0 bridgehead atoms. The highest BCUT2D eigenvalue weighted by atomic mass is 16.1. The van der Waals surface area contributed by atoms with Crippen LogP contribution in [0.15, 0.2) is 48.5 Å². The number of nitrogen functional groups attached to an aromatic ring is 1. The van der Waals surface area contributed by atoms with Gasteiger partial charge < -0.3 is 11.1 Å². The highest BCUT2D eigenvalue weighted by Gasteiger charge is 2.12. The van der Waals surface area contributed by atoms with E-state index >= 15 is 0 Å². The molecule has 0 heterocycles. The number of carbonyl (C=O) groups is 1. The minimum atomic E-state index is 0.0492. The molecule has 0 unspecified atom stereocenters. The lowest BCUT2D eigenvalue weighted by atomic mass is 9.87. The van der Waals surface area contributed by atoms with Crippen molar-refractivity contribution in [1.29, 1.82) is 0 Å². The number of rotatable bonds is 5. The lowest BCUT2D eigenvalue weighted by Crippen LogP contribution is -2.23. The van der Waals surface area contributed by atoms with Gasteiger partial charge in [-0.2, -0.15) is 0 Å². The highest BCUT2D eigenvalue weighted by Crippen LogP contribution is 2.22. The minimum Gasteiger partial charge on any atom is -0.399 e. The largest absolute Gasteiger partial charge is 0.399 e. The number of para-hydroxylation sites is 1. The van der Waals surface area contributed by atoms with Crippen LogP contribution in [0.4, 0.5) is 5.69 Å². The van der Waals surface area contributed by atoms with Crippen molar-refractivity contribution in [3.05, 3.63) is 65.2 Å². The van der Waals surface area contributed by atoms with Crippen molar-refractivity contribution >= 4 is 11.6 Å². The number of benzene rings is 2. The number of hydrogen-bond donors (Lipinski definition) is 2. The Kier molecular flexibility index (Phi) is 5.43. The SMILES string of the molecule is CC(C)(C)c1ccc(CNC(=O)CCc2ccccc2N)cc1. The quantitative estimate of drug-likeness (QED) is 0.825. The van der Waals surface area contributed by atoms with Gasteiger partial charge in [0.05, 0.1) is 0 Å². The maximum atomic E-state index is 12.0. The minimum absolute atomic E-state index is 0.0492. The Labute approximate surface area is 138 Å². The second-order valence-corrected chi connectivity index (χ2v) is 6.92. The molecule has 1 amide bonds. The van der Waals surface area contributed by atoms with E-state index in [9.17, 15) is 4.79 Å².